The van der Waals surface area contributed by atoms with Gasteiger partial charge in [-0.25, -0.2) is 9.78 Å². The van der Waals surface area contributed by atoms with E-state index in [4.69, 9.17) is 28.9 Å². The molecule has 5 nitrogen and oxygen atoms in total. The van der Waals surface area contributed by atoms with Gasteiger partial charge in [0.2, 0.25) is 0 Å². The molecule has 0 atom stereocenters. The number of methoxy groups -OCH3 is 1. The Balaban J connectivity index is 2.41. The summed E-state index contributed by atoms with van der Waals surface area (Å²) in [5.74, 6) is -0.254. The maximum absolute atomic E-state index is 11.6. The number of nitrogens with zero attached hydrogens (tertiary/aromatic N) is 1. The summed E-state index contributed by atoms with van der Waals surface area (Å²) >= 11 is 15.5. The van der Waals surface area contributed by atoms with E-state index in [1.54, 1.807) is 12.1 Å². The first-order valence-electron chi connectivity index (χ1n) is 5.69. The minimum atomic E-state index is -0.544. The lowest BCUT2D eigenvalue weighted by molar-refractivity contribution is 0.0602. The van der Waals surface area contributed by atoms with Crippen molar-refractivity contribution >= 4 is 62.3 Å². The normalized spacial score (nSPS) is 10.3. The number of pyridine rings is 1. The molecule has 0 saturated carbocycles. The average molecular weight is 391 g/mol. The van der Waals surface area contributed by atoms with Gasteiger partial charge in [0.1, 0.15) is 0 Å². The Labute approximate surface area is 139 Å². The number of hydrogen-bond acceptors (Lipinski definition) is 5. The van der Waals surface area contributed by atoms with Gasteiger partial charge >= 0.3 is 5.97 Å². The highest BCUT2D eigenvalue weighted by Gasteiger charge is 2.15. The molecule has 0 saturated heterocycles. The first-order chi connectivity index (χ1) is 9.95. The number of halogens is 3. The molecule has 1 aromatic heterocycles. The van der Waals surface area contributed by atoms with Crippen molar-refractivity contribution in [1.82, 2.24) is 4.98 Å². The number of carbonyl (C=O) groups excluding carboxylic acids is 1. The maximum Gasteiger partial charge on any atom is 0.340 e. The molecule has 1 aromatic carbocycles. The molecular formula is C13H10BrCl2N3O2. The Morgan fingerprint density at radius 1 is 1.33 bits per heavy atom. The Hall–Kier alpha value is -1.50. The molecule has 0 spiro atoms. The SMILES string of the molecule is COC(=O)c1ccnc(Nc2ccc(Br)c(Cl)c2Cl)c1N. The first kappa shape index (κ1) is 15.9. The molecule has 8 heteroatoms. The molecule has 0 aliphatic heterocycles. The molecule has 110 valence electrons. The molecule has 0 bridgehead atoms. The van der Waals surface area contributed by atoms with Gasteiger partial charge in [0.05, 0.1) is 34.1 Å². The van der Waals surface area contributed by atoms with E-state index in [9.17, 15) is 4.79 Å². The Morgan fingerprint density at radius 3 is 2.71 bits per heavy atom. The van der Waals surface area contributed by atoms with Crippen LogP contribution in [0.3, 0.4) is 0 Å². The third-order valence-electron chi connectivity index (χ3n) is 2.68. The number of anilines is 3. The standard InChI is InChI=1S/C13H10BrCl2N3O2/c1-21-13(20)6-4-5-18-12(11(6)17)19-8-3-2-7(14)9(15)10(8)16/h2-5H,17H2,1H3,(H,18,19). The zero-order valence-corrected chi connectivity index (χ0v) is 13.9. The highest BCUT2D eigenvalue weighted by molar-refractivity contribution is 9.10. The number of rotatable bonds is 3. The smallest absolute Gasteiger partial charge is 0.340 e. The number of carbonyl (C=O) groups is 1. The molecular weight excluding hydrogens is 381 g/mol. The van der Waals surface area contributed by atoms with Crippen molar-refractivity contribution in [1.29, 1.82) is 0 Å². The largest absolute Gasteiger partial charge is 0.465 e. The molecule has 0 fully saturated rings. The van der Waals surface area contributed by atoms with Crippen LogP contribution in [0.15, 0.2) is 28.9 Å². The van der Waals surface area contributed by atoms with Gasteiger partial charge in [-0.2, -0.15) is 0 Å². The number of nitrogens with one attached hydrogen (secondary N) is 1. The van der Waals surface area contributed by atoms with Crippen molar-refractivity contribution in [2.24, 2.45) is 0 Å². The Kier molecular flexibility index (Phi) is 4.92. The van der Waals surface area contributed by atoms with Crippen LogP contribution in [0, 0.1) is 0 Å². The summed E-state index contributed by atoms with van der Waals surface area (Å²) in [6.45, 7) is 0. The van der Waals surface area contributed by atoms with Crippen molar-refractivity contribution in [2.45, 2.75) is 0 Å². The summed E-state index contributed by atoms with van der Waals surface area (Å²) in [6.07, 6.45) is 1.44. The fourth-order valence-electron chi connectivity index (χ4n) is 1.61. The highest BCUT2D eigenvalue weighted by atomic mass is 79.9. The zero-order chi connectivity index (χ0) is 15.6. The predicted octanol–water partition coefficient (Wildman–Crippen LogP) is 4.26. The van der Waals surface area contributed by atoms with E-state index in [1.807, 2.05) is 0 Å². The predicted molar refractivity (Wildman–Crippen MR) is 87.4 cm³/mol. The quantitative estimate of drug-likeness (QED) is 0.604. The molecule has 2 rings (SSSR count). The van der Waals surface area contributed by atoms with E-state index < -0.39 is 5.97 Å². The van der Waals surface area contributed by atoms with Gasteiger partial charge in [0, 0.05) is 10.7 Å². The summed E-state index contributed by atoms with van der Waals surface area (Å²) in [4.78, 5) is 15.7. The first-order valence-corrected chi connectivity index (χ1v) is 7.24. The van der Waals surface area contributed by atoms with Gasteiger partial charge in [0.25, 0.3) is 0 Å². The second-order valence-corrected chi connectivity index (χ2v) is 5.57. The molecule has 3 N–H and O–H groups in total. The van der Waals surface area contributed by atoms with E-state index >= 15 is 0 Å². The van der Waals surface area contributed by atoms with Crippen LogP contribution in [-0.2, 0) is 4.74 Å². The fraction of sp³-hybridized carbons (Fsp3) is 0.0769. The van der Waals surface area contributed by atoms with Crippen LogP contribution < -0.4 is 11.1 Å². The van der Waals surface area contributed by atoms with Crippen LogP contribution >= 0.6 is 39.1 Å². The van der Waals surface area contributed by atoms with E-state index in [2.05, 4.69) is 31.0 Å². The maximum atomic E-state index is 11.6. The lowest BCUT2D eigenvalue weighted by Crippen LogP contribution is -2.09. The van der Waals surface area contributed by atoms with Crippen LogP contribution in [0.25, 0.3) is 0 Å². The number of esters is 1. The summed E-state index contributed by atoms with van der Waals surface area (Å²) in [7, 11) is 1.28. The van der Waals surface area contributed by atoms with Gasteiger partial charge in [-0.05, 0) is 34.1 Å². The van der Waals surface area contributed by atoms with Crippen molar-refractivity contribution in [3.63, 3.8) is 0 Å². The monoisotopic (exact) mass is 389 g/mol. The van der Waals surface area contributed by atoms with Gasteiger partial charge in [-0.1, -0.05) is 23.2 Å². The van der Waals surface area contributed by atoms with Gasteiger partial charge in [-0.3, -0.25) is 0 Å². The molecule has 0 amide bonds. The highest BCUT2D eigenvalue weighted by Crippen LogP contribution is 2.37. The van der Waals surface area contributed by atoms with Gasteiger partial charge < -0.3 is 15.8 Å². The number of benzene rings is 1. The third kappa shape index (κ3) is 3.23. The number of aromatic nitrogens is 1. The average Bonchev–Trinajstić information content (AvgIpc) is 2.49. The summed E-state index contributed by atoms with van der Waals surface area (Å²) in [5, 5.41) is 3.63. The summed E-state index contributed by atoms with van der Waals surface area (Å²) < 4.78 is 5.32. The van der Waals surface area contributed by atoms with Gasteiger partial charge in [0.15, 0.2) is 5.82 Å². The van der Waals surface area contributed by atoms with E-state index in [-0.39, 0.29) is 17.1 Å². The molecule has 2 aromatic rings. The van der Waals surface area contributed by atoms with Crippen molar-refractivity contribution < 1.29 is 9.53 Å². The fourth-order valence-corrected chi connectivity index (χ4v) is 2.43. The number of nitrogens with two attached hydrogens (primary N) is 1. The van der Waals surface area contributed by atoms with Gasteiger partial charge in [-0.15, -0.1) is 0 Å². The molecule has 0 radical (unpaired) electrons. The second kappa shape index (κ2) is 6.51. The van der Waals surface area contributed by atoms with E-state index in [1.165, 1.54) is 19.4 Å². The van der Waals surface area contributed by atoms with Crippen molar-refractivity contribution in [3.05, 3.63) is 44.5 Å². The van der Waals surface area contributed by atoms with Crippen LogP contribution in [0.1, 0.15) is 10.4 Å². The molecule has 0 aliphatic carbocycles. The molecule has 0 aliphatic rings. The third-order valence-corrected chi connectivity index (χ3v) is 4.45. The van der Waals surface area contributed by atoms with Crippen LogP contribution in [-0.4, -0.2) is 18.1 Å². The second-order valence-electron chi connectivity index (χ2n) is 3.96. The topological polar surface area (TPSA) is 77.2 Å². The lowest BCUT2D eigenvalue weighted by atomic mass is 10.2. The van der Waals surface area contributed by atoms with Crippen molar-refractivity contribution in [2.75, 3.05) is 18.2 Å². The minimum absolute atomic E-state index is 0.166. The Bertz CT molecular complexity index is 710. The van der Waals surface area contributed by atoms with Crippen LogP contribution in [0.2, 0.25) is 10.0 Å². The summed E-state index contributed by atoms with van der Waals surface area (Å²) in [5.41, 5.74) is 6.82. The Morgan fingerprint density at radius 2 is 2.05 bits per heavy atom. The van der Waals surface area contributed by atoms with Crippen LogP contribution in [0.4, 0.5) is 17.2 Å². The number of hydrogen-bond donors (Lipinski definition) is 2. The van der Waals surface area contributed by atoms with E-state index in [0.717, 1.165) is 0 Å². The lowest BCUT2D eigenvalue weighted by Gasteiger charge is -2.13. The number of nitrogen functional groups attached to an aromatic ring is 1. The van der Waals surface area contributed by atoms with Crippen LogP contribution in [0.5, 0.6) is 0 Å². The molecule has 0 unspecified atom stereocenters. The van der Waals surface area contributed by atoms with E-state index in [0.29, 0.717) is 20.2 Å². The zero-order valence-electron chi connectivity index (χ0n) is 10.8. The molecule has 21 heavy (non-hydrogen) atoms. The van der Waals surface area contributed by atoms with Crippen molar-refractivity contribution in [3.8, 4) is 0 Å². The number of ether oxygens (including phenoxy) is 1. The summed E-state index contributed by atoms with van der Waals surface area (Å²) in [6, 6.07) is 4.92. The molecule has 1 heterocycles. The minimum Gasteiger partial charge on any atom is -0.465 e.